The first-order valence-electron chi connectivity index (χ1n) is 7.25. The highest BCUT2D eigenvalue weighted by Crippen LogP contribution is 2.12. The Kier molecular flexibility index (Phi) is 7.29. The van der Waals surface area contributed by atoms with Crippen molar-refractivity contribution in [1.29, 1.82) is 0 Å². The molecule has 0 aliphatic carbocycles. The van der Waals surface area contributed by atoms with Crippen LogP contribution in [0, 0.1) is 0 Å². The van der Waals surface area contributed by atoms with Gasteiger partial charge in [0.05, 0.1) is 0 Å². The molecule has 0 aromatic rings. The highest BCUT2D eigenvalue weighted by atomic mass is 16.6. The summed E-state index contributed by atoms with van der Waals surface area (Å²) >= 11 is 0. The van der Waals surface area contributed by atoms with Crippen LogP contribution in [0.3, 0.4) is 0 Å². The molecule has 0 atom stereocenters. The zero-order valence-electron chi connectivity index (χ0n) is 14.9. The minimum Gasteiger partial charge on any atom is -0.443 e. The first-order chi connectivity index (χ1) is 9.85. The molecule has 0 bridgehead atoms. The number of hydrogen-bond donors (Lipinski definition) is 0. The molecule has 0 aliphatic rings. The Bertz CT molecular complexity index is 454. The Morgan fingerprint density at radius 3 is 1.95 bits per heavy atom. The summed E-state index contributed by atoms with van der Waals surface area (Å²) in [4.78, 5) is 29.1. The van der Waals surface area contributed by atoms with Gasteiger partial charge < -0.3 is 9.47 Å². The van der Waals surface area contributed by atoms with E-state index in [1.54, 1.807) is 60.6 Å². The third-order valence-electron chi connectivity index (χ3n) is 2.17. The normalized spacial score (nSPS) is 13.2. The fourth-order valence-corrected chi connectivity index (χ4v) is 1.34. The lowest BCUT2D eigenvalue weighted by atomic mass is 10.2. The number of carbonyl (C=O) groups is 2. The number of hydrogen-bond acceptors (Lipinski definition) is 4. The number of carbonyl (C=O) groups excluding carboxylic acids is 2. The maximum absolute atomic E-state index is 12.2. The van der Waals surface area contributed by atoms with Crippen molar-refractivity contribution >= 4 is 18.0 Å². The molecule has 0 saturated carbocycles. The topological polar surface area (TPSA) is 68.2 Å². The number of ether oxygens (including phenoxy) is 2. The largest absolute Gasteiger partial charge is 0.443 e. The van der Waals surface area contributed by atoms with E-state index in [0.717, 1.165) is 0 Å². The van der Waals surface area contributed by atoms with E-state index in [4.69, 9.17) is 9.47 Å². The molecule has 0 saturated heterocycles. The van der Waals surface area contributed by atoms with Crippen molar-refractivity contribution < 1.29 is 19.1 Å². The van der Waals surface area contributed by atoms with Crippen molar-refractivity contribution in [2.75, 3.05) is 6.54 Å². The second-order valence-electron chi connectivity index (χ2n) is 6.80. The van der Waals surface area contributed by atoms with Gasteiger partial charge in [-0.2, -0.15) is 4.99 Å². The second kappa shape index (κ2) is 7.96. The van der Waals surface area contributed by atoms with E-state index in [0.29, 0.717) is 0 Å². The van der Waals surface area contributed by atoms with Gasteiger partial charge in [-0.3, -0.25) is 4.90 Å². The van der Waals surface area contributed by atoms with E-state index in [1.165, 1.54) is 4.90 Å². The number of aliphatic imine (C=N–C) groups is 1. The predicted octanol–water partition coefficient (Wildman–Crippen LogP) is 4.15. The average molecular weight is 312 g/mol. The van der Waals surface area contributed by atoms with Crippen LogP contribution >= 0.6 is 0 Å². The molecule has 22 heavy (non-hydrogen) atoms. The molecule has 126 valence electrons. The van der Waals surface area contributed by atoms with E-state index < -0.39 is 23.4 Å². The SMILES string of the molecule is C/C=C/CN(C(=O)OC(C)(C)C)/C(C)=N/C(=O)OC(C)(C)C. The van der Waals surface area contributed by atoms with Gasteiger partial charge in [-0.05, 0) is 55.4 Å². The standard InChI is InChI=1S/C16H28N2O4/c1-9-10-11-18(14(20)22-16(6,7)8)12(2)17-13(19)21-15(3,4)5/h9-10H,11H2,1-8H3/b10-9+,17-12+. The Hall–Kier alpha value is -1.85. The van der Waals surface area contributed by atoms with Crippen molar-refractivity contribution in [3.63, 3.8) is 0 Å². The molecule has 0 heterocycles. The van der Waals surface area contributed by atoms with E-state index in [-0.39, 0.29) is 12.4 Å². The molecule has 6 heteroatoms. The molecular formula is C16H28N2O4. The molecule has 0 rings (SSSR count). The second-order valence-corrected chi connectivity index (χ2v) is 6.80. The zero-order valence-corrected chi connectivity index (χ0v) is 14.9. The molecule has 0 unspecified atom stereocenters. The van der Waals surface area contributed by atoms with Crippen molar-refractivity contribution in [3.05, 3.63) is 12.2 Å². The quantitative estimate of drug-likeness (QED) is 0.436. The van der Waals surface area contributed by atoms with Gasteiger partial charge in [-0.25, -0.2) is 9.59 Å². The van der Waals surface area contributed by atoms with Gasteiger partial charge in [-0.15, -0.1) is 0 Å². The Balaban J connectivity index is 5.17. The van der Waals surface area contributed by atoms with Crippen LogP contribution in [-0.2, 0) is 9.47 Å². The first-order valence-corrected chi connectivity index (χ1v) is 7.25. The summed E-state index contributed by atoms with van der Waals surface area (Å²) in [5, 5.41) is 0. The number of rotatable bonds is 2. The fourth-order valence-electron chi connectivity index (χ4n) is 1.34. The molecule has 2 amide bonds. The third kappa shape index (κ3) is 9.15. The van der Waals surface area contributed by atoms with Gasteiger partial charge in [0.1, 0.15) is 17.0 Å². The minimum atomic E-state index is -0.737. The summed E-state index contributed by atoms with van der Waals surface area (Å²) < 4.78 is 10.4. The van der Waals surface area contributed by atoms with E-state index in [2.05, 4.69) is 4.99 Å². The lowest BCUT2D eigenvalue weighted by Gasteiger charge is -2.26. The van der Waals surface area contributed by atoms with Crippen LogP contribution in [0.5, 0.6) is 0 Å². The van der Waals surface area contributed by atoms with Crippen LogP contribution in [0.4, 0.5) is 9.59 Å². The lowest BCUT2D eigenvalue weighted by molar-refractivity contribution is 0.0382. The van der Waals surface area contributed by atoms with Crippen LogP contribution < -0.4 is 0 Å². The number of amides is 2. The first kappa shape index (κ1) is 20.1. The number of nitrogens with zero attached hydrogens (tertiary/aromatic N) is 2. The fraction of sp³-hybridized carbons (Fsp3) is 0.688. The van der Waals surface area contributed by atoms with Crippen LogP contribution in [0.2, 0.25) is 0 Å². The third-order valence-corrected chi connectivity index (χ3v) is 2.17. The summed E-state index contributed by atoms with van der Waals surface area (Å²) in [7, 11) is 0. The monoisotopic (exact) mass is 312 g/mol. The van der Waals surface area contributed by atoms with Crippen LogP contribution in [0.25, 0.3) is 0 Å². The molecule has 0 aromatic carbocycles. The van der Waals surface area contributed by atoms with Gasteiger partial charge in [-0.1, -0.05) is 12.2 Å². The van der Waals surface area contributed by atoms with Crippen LogP contribution in [0.1, 0.15) is 55.4 Å². The van der Waals surface area contributed by atoms with Gasteiger partial charge >= 0.3 is 12.2 Å². The molecule has 0 fully saturated rings. The smallest absolute Gasteiger partial charge is 0.435 e. The summed E-state index contributed by atoms with van der Waals surface area (Å²) in [6, 6.07) is 0. The lowest BCUT2D eigenvalue weighted by Crippen LogP contribution is -2.40. The molecule has 0 radical (unpaired) electrons. The van der Waals surface area contributed by atoms with Crippen molar-refractivity contribution in [3.8, 4) is 0 Å². The number of allylic oxidation sites excluding steroid dienone is 1. The molecule has 0 N–H and O–H groups in total. The highest BCUT2D eigenvalue weighted by Gasteiger charge is 2.24. The van der Waals surface area contributed by atoms with E-state index in [9.17, 15) is 9.59 Å². The summed E-state index contributed by atoms with van der Waals surface area (Å²) in [5.41, 5.74) is -1.27. The average Bonchev–Trinajstić information content (AvgIpc) is 2.23. The molecular weight excluding hydrogens is 284 g/mol. The van der Waals surface area contributed by atoms with E-state index >= 15 is 0 Å². The van der Waals surface area contributed by atoms with Gasteiger partial charge in [0, 0.05) is 6.54 Å². The zero-order chi connectivity index (χ0) is 17.6. The van der Waals surface area contributed by atoms with Crippen molar-refractivity contribution in [2.45, 2.75) is 66.6 Å². The van der Waals surface area contributed by atoms with Crippen molar-refractivity contribution in [2.24, 2.45) is 4.99 Å². The van der Waals surface area contributed by atoms with Gasteiger partial charge in [0.15, 0.2) is 0 Å². The summed E-state index contributed by atoms with van der Waals surface area (Å²) in [6.07, 6.45) is 2.28. The molecule has 0 aromatic heterocycles. The maximum Gasteiger partial charge on any atom is 0.435 e. The van der Waals surface area contributed by atoms with Gasteiger partial charge in [0.25, 0.3) is 0 Å². The Morgan fingerprint density at radius 2 is 1.55 bits per heavy atom. The highest BCUT2D eigenvalue weighted by molar-refractivity contribution is 5.99. The number of amidine groups is 1. The maximum atomic E-state index is 12.2. The van der Waals surface area contributed by atoms with Crippen LogP contribution in [-0.4, -0.2) is 40.7 Å². The Morgan fingerprint density at radius 1 is 1.05 bits per heavy atom. The minimum absolute atomic E-state index is 0.224. The molecule has 0 aliphatic heterocycles. The summed E-state index contributed by atoms with van der Waals surface area (Å²) in [6.45, 7) is 14.3. The van der Waals surface area contributed by atoms with Crippen LogP contribution in [0.15, 0.2) is 17.1 Å². The Labute approximate surface area is 133 Å². The molecule has 0 spiro atoms. The molecule has 6 nitrogen and oxygen atoms in total. The van der Waals surface area contributed by atoms with E-state index in [1.807, 2.05) is 6.92 Å². The summed E-state index contributed by atoms with van der Waals surface area (Å²) in [5.74, 6) is 0.224. The predicted molar refractivity (Wildman–Crippen MR) is 87.1 cm³/mol. The van der Waals surface area contributed by atoms with Gasteiger partial charge in [0.2, 0.25) is 0 Å². The van der Waals surface area contributed by atoms with Crippen molar-refractivity contribution in [1.82, 2.24) is 4.90 Å².